The van der Waals surface area contributed by atoms with Crippen molar-refractivity contribution in [3.8, 4) is 0 Å². The zero-order valence-electron chi connectivity index (χ0n) is 19.3. The average Bonchev–Trinajstić information content (AvgIpc) is 2.75. The molecule has 29 heavy (non-hydrogen) atoms. The van der Waals surface area contributed by atoms with Crippen LogP contribution in [-0.2, 0) is 4.74 Å². The quantitative estimate of drug-likeness (QED) is 0.263. The van der Waals surface area contributed by atoms with Crippen molar-refractivity contribution in [1.29, 1.82) is 0 Å². The number of amides is 2. The van der Waals surface area contributed by atoms with Crippen molar-refractivity contribution in [3.63, 3.8) is 0 Å². The lowest BCUT2D eigenvalue weighted by Gasteiger charge is -2.26. The Morgan fingerprint density at radius 1 is 0.690 bits per heavy atom. The summed E-state index contributed by atoms with van der Waals surface area (Å²) in [5.41, 5.74) is 0. The van der Waals surface area contributed by atoms with Crippen LogP contribution in [0.2, 0.25) is 0 Å². The maximum absolute atomic E-state index is 11.8. The number of morpholine rings is 1. The number of ether oxygens (including phenoxy) is 1. The molecule has 1 saturated heterocycles. The Hall–Kier alpha value is -0.810. The third-order valence-electron chi connectivity index (χ3n) is 5.88. The molecule has 2 N–H and O–H groups in total. The molecule has 0 unspecified atom stereocenters. The molecule has 0 aliphatic carbocycles. The van der Waals surface area contributed by atoms with Gasteiger partial charge >= 0.3 is 6.03 Å². The molecular formula is C24H49N3O2. The third kappa shape index (κ3) is 17.7. The fraction of sp³-hybridized carbons (Fsp3) is 0.958. The van der Waals surface area contributed by atoms with Crippen molar-refractivity contribution in [1.82, 2.24) is 15.5 Å². The first-order valence-electron chi connectivity index (χ1n) is 12.6. The van der Waals surface area contributed by atoms with Crippen LogP contribution in [-0.4, -0.2) is 50.4 Å². The Labute approximate surface area is 180 Å². The molecule has 5 heteroatoms. The highest BCUT2D eigenvalue weighted by Crippen LogP contribution is 2.13. The Kier molecular flexibility index (Phi) is 18.5. The molecule has 0 atom stereocenters. The SMILES string of the molecule is CCCCCCCCCCCCCCCCCCNC(=O)NCN1CCOCC1. The Morgan fingerprint density at radius 3 is 1.62 bits per heavy atom. The van der Waals surface area contributed by atoms with Gasteiger partial charge < -0.3 is 15.4 Å². The number of urea groups is 1. The second-order valence-electron chi connectivity index (χ2n) is 8.62. The minimum absolute atomic E-state index is 0.0440. The van der Waals surface area contributed by atoms with Crippen molar-refractivity contribution < 1.29 is 9.53 Å². The number of rotatable bonds is 19. The van der Waals surface area contributed by atoms with Gasteiger partial charge in [-0.25, -0.2) is 4.79 Å². The van der Waals surface area contributed by atoms with Crippen molar-refractivity contribution in [2.24, 2.45) is 0 Å². The Morgan fingerprint density at radius 2 is 1.14 bits per heavy atom. The summed E-state index contributed by atoms with van der Waals surface area (Å²) >= 11 is 0. The largest absolute Gasteiger partial charge is 0.379 e. The summed E-state index contributed by atoms with van der Waals surface area (Å²) < 4.78 is 5.30. The molecule has 2 amide bonds. The van der Waals surface area contributed by atoms with Crippen LogP contribution in [0, 0.1) is 0 Å². The average molecular weight is 412 g/mol. The molecule has 0 saturated carbocycles. The molecule has 1 aliphatic heterocycles. The van der Waals surface area contributed by atoms with Gasteiger partial charge in [0.25, 0.3) is 0 Å². The summed E-state index contributed by atoms with van der Waals surface area (Å²) in [6.45, 7) is 7.03. The topological polar surface area (TPSA) is 53.6 Å². The van der Waals surface area contributed by atoms with Crippen LogP contribution in [0.3, 0.4) is 0 Å². The van der Waals surface area contributed by atoms with E-state index < -0.39 is 0 Å². The van der Waals surface area contributed by atoms with Gasteiger partial charge in [0.05, 0.1) is 19.9 Å². The smallest absolute Gasteiger partial charge is 0.315 e. The van der Waals surface area contributed by atoms with E-state index in [0.29, 0.717) is 6.67 Å². The van der Waals surface area contributed by atoms with Gasteiger partial charge in [-0.1, -0.05) is 103 Å². The first kappa shape index (κ1) is 26.2. The van der Waals surface area contributed by atoms with E-state index in [9.17, 15) is 4.79 Å². The number of nitrogens with zero attached hydrogens (tertiary/aromatic N) is 1. The van der Waals surface area contributed by atoms with Crippen LogP contribution in [0.1, 0.15) is 110 Å². The number of carbonyl (C=O) groups excluding carboxylic acids is 1. The minimum Gasteiger partial charge on any atom is -0.379 e. The zero-order chi connectivity index (χ0) is 20.8. The van der Waals surface area contributed by atoms with Crippen LogP contribution in [0.15, 0.2) is 0 Å². The second-order valence-corrected chi connectivity index (χ2v) is 8.62. The van der Waals surface area contributed by atoms with Gasteiger partial charge in [0.1, 0.15) is 0 Å². The van der Waals surface area contributed by atoms with E-state index in [2.05, 4.69) is 22.5 Å². The van der Waals surface area contributed by atoms with Crippen molar-refractivity contribution in [2.45, 2.75) is 110 Å². The maximum Gasteiger partial charge on any atom is 0.315 e. The first-order chi connectivity index (χ1) is 14.3. The summed E-state index contributed by atoms with van der Waals surface area (Å²) in [6.07, 6.45) is 22.0. The molecule has 0 aromatic heterocycles. The molecular weight excluding hydrogens is 362 g/mol. The number of nitrogens with one attached hydrogen (secondary N) is 2. The van der Waals surface area contributed by atoms with Crippen LogP contribution >= 0.6 is 0 Å². The monoisotopic (exact) mass is 411 g/mol. The van der Waals surface area contributed by atoms with Crippen LogP contribution in [0.4, 0.5) is 4.79 Å². The summed E-state index contributed by atoms with van der Waals surface area (Å²) in [6, 6.07) is -0.0440. The van der Waals surface area contributed by atoms with Gasteiger partial charge in [-0.3, -0.25) is 4.90 Å². The Bertz CT molecular complexity index is 360. The number of hydrogen-bond donors (Lipinski definition) is 2. The van der Waals surface area contributed by atoms with Gasteiger partial charge in [-0.05, 0) is 6.42 Å². The lowest BCUT2D eigenvalue weighted by Crippen LogP contribution is -2.46. The van der Waals surface area contributed by atoms with Gasteiger partial charge in [-0.2, -0.15) is 0 Å². The number of unbranched alkanes of at least 4 members (excludes halogenated alkanes) is 15. The van der Waals surface area contributed by atoms with Crippen molar-refractivity contribution in [2.75, 3.05) is 39.5 Å². The first-order valence-corrected chi connectivity index (χ1v) is 12.6. The molecule has 1 fully saturated rings. The van der Waals surface area contributed by atoms with Gasteiger partial charge in [0.15, 0.2) is 0 Å². The highest BCUT2D eigenvalue weighted by Gasteiger charge is 2.10. The van der Waals surface area contributed by atoms with Gasteiger partial charge in [-0.15, -0.1) is 0 Å². The molecule has 0 spiro atoms. The molecule has 1 heterocycles. The lowest BCUT2D eigenvalue weighted by atomic mass is 10.0. The van der Waals surface area contributed by atoms with E-state index in [0.717, 1.165) is 39.3 Å². The van der Waals surface area contributed by atoms with E-state index >= 15 is 0 Å². The maximum atomic E-state index is 11.8. The minimum atomic E-state index is -0.0440. The highest BCUT2D eigenvalue weighted by atomic mass is 16.5. The number of hydrogen-bond acceptors (Lipinski definition) is 3. The van der Waals surface area contributed by atoms with Crippen LogP contribution in [0.25, 0.3) is 0 Å². The third-order valence-corrected chi connectivity index (χ3v) is 5.88. The fourth-order valence-corrected chi connectivity index (χ4v) is 3.88. The van der Waals surface area contributed by atoms with Crippen LogP contribution < -0.4 is 10.6 Å². The summed E-state index contributed by atoms with van der Waals surface area (Å²) in [7, 11) is 0. The standard InChI is InChI=1S/C24H49N3O2/c1-2-3-4-5-6-7-8-9-10-11-12-13-14-15-16-17-18-25-24(28)26-23-27-19-21-29-22-20-27/h2-23H2,1H3,(H2,25,26,28). The molecule has 0 aromatic rings. The van der Waals surface area contributed by atoms with Crippen molar-refractivity contribution in [3.05, 3.63) is 0 Å². The molecule has 0 radical (unpaired) electrons. The van der Waals surface area contributed by atoms with E-state index in [4.69, 9.17) is 4.74 Å². The normalized spacial score (nSPS) is 14.8. The molecule has 1 aliphatic rings. The molecule has 1 rings (SSSR count). The molecule has 172 valence electrons. The predicted octanol–water partition coefficient (Wildman–Crippen LogP) is 5.84. The molecule has 5 nitrogen and oxygen atoms in total. The Balaban J connectivity index is 1.71. The lowest BCUT2D eigenvalue weighted by molar-refractivity contribution is 0.0355. The fourth-order valence-electron chi connectivity index (χ4n) is 3.88. The molecule has 0 aromatic carbocycles. The van der Waals surface area contributed by atoms with E-state index in [-0.39, 0.29) is 6.03 Å². The molecule has 0 bridgehead atoms. The van der Waals surface area contributed by atoms with E-state index in [1.54, 1.807) is 0 Å². The van der Waals surface area contributed by atoms with Gasteiger partial charge in [0.2, 0.25) is 0 Å². The summed E-state index contributed by atoms with van der Waals surface area (Å²) in [5, 5.41) is 5.89. The zero-order valence-corrected chi connectivity index (χ0v) is 19.3. The summed E-state index contributed by atoms with van der Waals surface area (Å²) in [5.74, 6) is 0. The van der Waals surface area contributed by atoms with E-state index in [1.807, 2.05) is 0 Å². The van der Waals surface area contributed by atoms with Crippen LogP contribution in [0.5, 0.6) is 0 Å². The van der Waals surface area contributed by atoms with Crippen molar-refractivity contribution >= 4 is 6.03 Å². The second kappa shape index (κ2) is 20.5. The summed E-state index contributed by atoms with van der Waals surface area (Å²) in [4.78, 5) is 14.0. The van der Waals surface area contributed by atoms with E-state index in [1.165, 1.54) is 96.3 Å². The highest BCUT2D eigenvalue weighted by molar-refractivity contribution is 5.73. The number of carbonyl (C=O) groups is 1. The predicted molar refractivity (Wildman–Crippen MR) is 123 cm³/mol. The van der Waals surface area contributed by atoms with Gasteiger partial charge in [0, 0.05) is 19.6 Å².